The van der Waals surface area contributed by atoms with Crippen molar-refractivity contribution in [3.63, 3.8) is 0 Å². The molecule has 0 aliphatic rings. The first-order chi connectivity index (χ1) is 16.1. The highest BCUT2D eigenvalue weighted by Gasteiger charge is 2.13. The zero-order valence-corrected chi connectivity index (χ0v) is 17.6. The Morgan fingerprint density at radius 2 is 1.76 bits per heavy atom. The highest BCUT2D eigenvalue weighted by Crippen LogP contribution is 2.26. The lowest BCUT2D eigenvalue weighted by molar-refractivity contribution is -0.115. The van der Waals surface area contributed by atoms with E-state index in [4.69, 9.17) is 5.73 Å². The Morgan fingerprint density at radius 1 is 0.970 bits per heavy atom. The summed E-state index contributed by atoms with van der Waals surface area (Å²) in [4.78, 5) is 35.5. The molecule has 5 aromatic rings. The number of carbonyl (C=O) groups excluding carboxylic acids is 2. The Labute approximate surface area is 189 Å². The van der Waals surface area contributed by atoms with Crippen molar-refractivity contribution in [3.05, 3.63) is 95.9 Å². The number of hydrogen-bond acceptors (Lipinski definition) is 3. The molecule has 0 atom stereocenters. The van der Waals surface area contributed by atoms with Crippen LogP contribution in [0.15, 0.2) is 79.3 Å². The van der Waals surface area contributed by atoms with Crippen molar-refractivity contribution in [2.45, 2.75) is 6.42 Å². The highest BCUT2D eigenvalue weighted by molar-refractivity contribution is 6.24. The molecule has 0 bridgehead atoms. The molecule has 0 unspecified atom stereocenters. The van der Waals surface area contributed by atoms with Crippen LogP contribution in [-0.4, -0.2) is 26.8 Å². The molecule has 3 aromatic heterocycles. The van der Waals surface area contributed by atoms with Crippen LogP contribution in [-0.2, 0) is 16.0 Å². The van der Waals surface area contributed by atoms with Gasteiger partial charge in [-0.25, -0.2) is 4.98 Å². The van der Waals surface area contributed by atoms with E-state index in [1.165, 1.54) is 0 Å². The lowest BCUT2D eigenvalue weighted by Crippen LogP contribution is -2.14. The van der Waals surface area contributed by atoms with Crippen molar-refractivity contribution >= 4 is 51.1 Å². The molecular formula is C26H21N5O2. The van der Waals surface area contributed by atoms with Crippen LogP contribution in [0.2, 0.25) is 0 Å². The summed E-state index contributed by atoms with van der Waals surface area (Å²) in [7, 11) is 0. The van der Waals surface area contributed by atoms with Gasteiger partial charge < -0.3 is 21.0 Å². The number of nitrogens with zero attached hydrogens (tertiary/aromatic N) is 1. The fourth-order valence-electron chi connectivity index (χ4n) is 3.94. The minimum absolute atomic E-state index is 0.143. The zero-order chi connectivity index (χ0) is 22.8. The van der Waals surface area contributed by atoms with Gasteiger partial charge in [0.25, 0.3) is 0 Å². The molecule has 162 valence electrons. The Hall–Kier alpha value is -4.65. The Bertz CT molecular complexity index is 1510. The van der Waals surface area contributed by atoms with Gasteiger partial charge in [-0.2, -0.15) is 0 Å². The van der Waals surface area contributed by atoms with Gasteiger partial charge in [-0.15, -0.1) is 0 Å². The van der Waals surface area contributed by atoms with E-state index in [9.17, 15) is 9.59 Å². The van der Waals surface area contributed by atoms with Crippen LogP contribution in [0.25, 0.3) is 33.6 Å². The average molecular weight is 435 g/mol. The molecule has 5 rings (SSSR count). The van der Waals surface area contributed by atoms with E-state index < -0.39 is 5.91 Å². The zero-order valence-electron chi connectivity index (χ0n) is 17.6. The number of primary amides is 1. The molecule has 0 aliphatic carbocycles. The topological polar surface area (TPSA) is 117 Å². The monoisotopic (exact) mass is 435 g/mol. The summed E-state index contributed by atoms with van der Waals surface area (Å²) in [5, 5.41) is 4.72. The van der Waals surface area contributed by atoms with Gasteiger partial charge in [0.1, 0.15) is 5.65 Å². The van der Waals surface area contributed by atoms with E-state index in [2.05, 4.69) is 20.3 Å². The largest absolute Gasteiger partial charge is 0.366 e. The fraction of sp³-hybridized carbons (Fsp3) is 0.0385. The Balaban J connectivity index is 1.42. The summed E-state index contributed by atoms with van der Waals surface area (Å²) in [6.45, 7) is 0. The molecule has 33 heavy (non-hydrogen) atoms. The minimum atomic E-state index is -0.522. The van der Waals surface area contributed by atoms with Crippen molar-refractivity contribution in [2.24, 2.45) is 5.73 Å². The van der Waals surface area contributed by atoms with Gasteiger partial charge >= 0.3 is 0 Å². The van der Waals surface area contributed by atoms with Crippen LogP contribution in [0.5, 0.6) is 0 Å². The van der Waals surface area contributed by atoms with Gasteiger partial charge in [0, 0.05) is 39.8 Å². The first-order valence-electron chi connectivity index (χ1n) is 10.5. The SMILES string of the molecule is NC(=O)C(=Cc1c[nH]c2ncc(NC(=O)Cc3c[nH]c4ccccc34)cc12)c1ccccc1. The van der Waals surface area contributed by atoms with E-state index >= 15 is 0 Å². The molecule has 2 amide bonds. The number of rotatable bonds is 6. The number of carbonyl (C=O) groups is 2. The second-order valence-corrected chi connectivity index (χ2v) is 7.74. The van der Waals surface area contributed by atoms with E-state index in [1.54, 1.807) is 18.5 Å². The Morgan fingerprint density at radius 3 is 2.58 bits per heavy atom. The van der Waals surface area contributed by atoms with Gasteiger partial charge in [0.05, 0.1) is 18.3 Å². The average Bonchev–Trinajstić information content (AvgIpc) is 3.41. The van der Waals surface area contributed by atoms with Crippen molar-refractivity contribution in [2.75, 3.05) is 5.32 Å². The van der Waals surface area contributed by atoms with Crippen molar-refractivity contribution in [3.8, 4) is 0 Å². The molecule has 0 radical (unpaired) electrons. The number of aromatic amines is 2. The summed E-state index contributed by atoms with van der Waals surface area (Å²) in [6.07, 6.45) is 7.19. The third-order valence-electron chi connectivity index (χ3n) is 5.52. The van der Waals surface area contributed by atoms with Crippen LogP contribution in [0.3, 0.4) is 0 Å². The molecule has 0 aliphatic heterocycles. The van der Waals surface area contributed by atoms with Crippen molar-refractivity contribution < 1.29 is 9.59 Å². The number of amides is 2. The summed E-state index contributed by atoms with van der Waals surface area (Å²) in [6, 6.07) is 19.0. The molecule has 3 heterocycles. The number of nitrogens with one attached hydrogen (secondary N) is 3. The second-order valence-electron chi connectivity index (χ2n) is 7.74. The molecule has 0 fully saturated rings. The number of fused-ring (bicyclic) bond motifs is 2. The smallest absolute Gasteiger partial charge is 0.249 e. The van der Waals surface area contributed by atoms with Crippen LogP contribution in [0.4, 0.5) is 5.69 Å². The summed E-state index contributed by atoms with van der Waals surface area (Å²) in [5.74, 6) is -0.665. The predicted molar refractivity (Wildman–Crippen MR) is 130 cm³/mol. The molecule has 0 spiro atoms. The number of H-pyrrole nitrogens is 2. The molecule has 7 nitrogen and oxygen atoms in total. The number of anilines is 1. The first-order valence-corrected chi connectivity index (χ1v) is 10.5. The summed E-state index contributed by atoms with van der Waals surface area (Å²) >= 11 is 0. The number of para-hydroxylation sites is 1. The van der Waals surface area contributed by atoms with Crippen LogP contribution >= 0.6 is 0 Å². The molecule has 5 N–H and O–H groups in total. The number of benzene rings is 2. The van der Waals surface area contributed by atoms with E-state index in [0.29, 0.717) is 16.9 Å². The number of pyridine rings is 1. The minimum Gasteiger partial charge on any atom is -0.366 e. The van der Waals surface area contributed by atoms with Crippen molar-refractivity contribution in [1.29, 1.82) is 0 Å². The Kier molecular flexibility index (Phi) is 5.20. The van der Waals surface area contributed by atoms with Crippen LogP contribution in [0.1, 0.15) is 16.7 Å². The lowest BCUT2D eigenvalue weighted by atomic mass is 10.0. The lowest BCUT2D eigenvalue weighted by Gasteiger charge is -2.06. The normalized spacial score (nSPS) is 11.7. The molecular weight excluding hydrogens is 414 g/mol. The third-order valence-corrected chi connectivity index (χ3v) is 5.52. The molecule has 7 heteroatoms. The van der Waals surface area contributed by atoms with E-state index in [-0.39, 0.29) is 12.3 Å². The van der Waals surface area contributed by atoms with Gasteiger partial charge in [0.2, 0.25) is 11.8 Å². The van der Waals surface area contributed by atoms with Crippen molar-refractivity contribution in [1.82, 2.24) is 15.0 Å². The maximum atomic E-state index is 12.7. The van der Waals surface area contributed by atoms with Crippen LogP contribution < -0.4 is 11.1 Å². The maximum absolute atomic E-state index is 12.7. The standard InChI is InChI=1S/C26H21N5O2/c27-25(33)21(16-6-2-1-3-7-16)10-17-14-29-26-22(17)12-19(15-30-26)31-24(32)11-18-13-28-23-9-5-4-8-20(18)23/h1-10,12-15,28H,11H2,(H2,27,33)(H,29,30)(H,31,32). The maximum Gasteiger partial charge on any atom is 0.249 e. The van der Waals surface area contributed by atoms with Gasteiger partial charge in [0.15, 0.2) is 0 Å². The quantitative estimate of drug-likeness (QED) is 0.299. The molecule has 2 aromatic carbocycles. The van der Waals surface area contributed by atoms with E-state index in [1.807, 2.05) is 66.9 Å². The highest BCUT2D eigenvalue weighted by atomic mass is 16.2. The van der Waals surface area contributed by atoms with Crippen LogP contribution in [0, 0.1) is 0 Å². The third kappa shape index (κ3) is 4.12. The van der Waals surface area contributed by atoms with Gasteiger partial charge in [-0.1, -0.05) is 48.5 Å². The van der Waals surface area contributed by atoms with Gasteiger partial charge in [-0.3, -0.25) is 9.59 Å². The first kappa shape index (κ1) is 20.3. The fourth-order valence-corrected chi connectivity index (χ4v) is 3.94. The number of nitrogens with two attached hydrogens (primary N) is 1. The molecule has 0 saturated heterocycles. The predicted octanol–water partition coefficient (Wildman–Crippen LogP) is 4.25. The van der Waals surface area contributed by atoms with E-state index in [0.717, 1.165) is 33.0 Å². The summed E-state index contributed by atoms with van der Waals surface area (Å²) in [5.41, 5.74) is 10.7. The second kappa shape index (κ2) is 8.47. The number of hydrogen-bond donors (Lipinski definition) is 4. The number of aromatic nitrogens is 3. The molecule has 0 saturated carbocycles. The summed E-state index contributed by atoms with van der Waals surface area (Å²) < 4.78 is 0. The van der Waals surface area contributed by atoms with Gasteiger partial charge in [-0.05, 0) is 29.3 Å².